The number of benzene rings is 2. The van der Waals surface area contributed by atoms with E-state index in [0.29, 0.717) is 5.56 Å². The molecule has 0 spiro atoms. The van der Waals surface area contributed by atoms with Crippen LogP contribution in [-0.2, 0) is 6.42 Å². The third-order valence-corrected chi connectivity index (χ3v) is 4.59. The van der Waals surface area contributed by atoms with Crippen LogP contribution in [0.1, 0.15) is 17.2 Å². The van der Waals surface area contributed by atoms with Gasteiger partial charge in [0.05, 0.1) is 11.1 Å². The van der Waals surface area contributed by atoms with Gasteiger partial charge in [-0.1, -0.05) is 41.9 Å². The predicted molar refractivity (Wildman–Crippen MR) is 81.9 cm³/mol. The van der Waals surface area contributed by atoms with Gasteiger partial charge in [-0.15, -0.1) is 11.3 Å². The van der Waals surface area contributed by atoms with Gasteiger partial charge in [-0.05, 0) is 34.0 Å². The van der Waals surface area contributed by atoms with Crippen molar-refractivity contribution in [2.75, 3.05) is 0 Å². The zero-order valence-corrected chi connectivity index (χ0v) is 12.1. The number of fused-ring (bicyclic) bond motifs is 1. The lowest BCUT2D eigenvalue weighted by Crippen LogP contribution is -2.03. The largest absolute Gasteiger partial charge is 0.388 e. The molecule has 20 heavy (non-hydrogen) atoms. The quantitative estimate of drug-likeness (QED) is 0.724. The molecule has 0 amide bonds. The van der Waals surface area contributed by atoms with E-state index in [4.69, 9.17) is 11.6 Å². The number of hydrogen-bond donors (Lipinski definition) is 1. The van der Waals surface area contributed by atoms with Crippen LogP contribution in [-0.4, -0.2) is 5.11 Å². The lowest BCUT2D eigenvalue weighted by atomic mass is 10.0. The van der Waals surface area contributed by atoms with Crippen molar-refractivity contribution in [1.82, 2.24) is 0 Å². The van der Waals surface area contributed by atoms with Crippen molar-refractivity contribution < 1.29 is 9.50 Å². The van der Waals surface area contributed by atoms with E-state index in [2.05, 4.69) is 0 Å². The summed E-state index contributed by atoms with van der Waals surface area (Å²) in [5.74, 6) is -0.451. The summed E-state index contributed by atoms with van der Waals surface area (Å²) < 4.78 is 15.0. The summed E-state index contributed by atoms with van der Waals surface area (Å²) in [5, 5.41) is 13.4. The Morgan fingerprint density at radius 1 is 1.15 bits per heavy atom. The van der Waals surface area contributed by atoms with Gasteiger partial charge in [0.15, 0.2) is 0 Å². The molecule has 3 aromatic rings. The number of halogens is 2. The van der Waals surface area contributed by atoms with Crippen LogP contribution < -0.4 is 0 Å². The minimum Gasteiger partial charge on any atom is -0.388 e. The second-order valence-corrected chi connectivity index (χ2v) is 5.94. The summed E-state index contributed by atoms with van der Waals surface area (Å²) in [5.41, 5.74) is 1.27. The summed E-state index contributed by atoms with van der Waals surface area (Å²) in [4.78, 5) is 0. The molecule has 0 radical (unpaired) electrons. The summed E-state index contributed by atoms with van der Waals surface area (Å²) >= 11 is 7.34. The van der Waals surface area contributed by atoms with E-state index in [0.717, 1.165) is 15.6 Å². The molecule has 0 aliphatic carbocycles. The molecular weight excluding hydrogens is 295 g/mol. The minimum absolute atomic E-state index is 0.0878. The van der Waals surface area contributed by atoms with Crippen LogP contribution in [0.5, 0.6) is 0 Å². The zero-order valence-electron chi connectivity index (χ0n) is 10.5. The first-order chi connectivity index (χ1) is 9.66. The van der Waals surface area contributed by atoms with Crippen LogP contribution in [0, 0.1) is 5.82 Å². The van der Waals surface area contributed by atoms with E-state index in [1.165, 1.54) is 6.07 Å². The molecule has 1 heterocycles. The van der Waals surface area contributed by atoms with Gasteiger partial charge >= 0.3 is 0 Å². The van der Waals surface area contributed by atoms with Crippen LogP contribution >= 0.6 is 22.9 Å². The van der Waals surface area contributed by atoms with Gasteiger partial charge in [-0.25, -0.2) is 4.39 Å². The van der Waals surface area contributed by atoms with Crippen LogP contribution in [0.25, 0.3) is 10.1 Å². The maximum atomic E-state index is 13.9. The maximum Gasteiger partial charge on any atom is 0.145 e. The third kappa shape index (κ3) is 2.44. The van der Waals surface area contributed by atoms with Crippen molar-refractivity contribution in [1.29, 1.82) is 0 Å². The number of hydrogen-bond acceptors (Lipinski definition) is 2. The fourth-order valence-corrected chi connectivity index (χ4v) is 3.48. The average Bonchev–Trinajstić information content (AvgIpc) is 2.88. The normalized spacial score (nSPS) is 12.8. The highest BCUT2D eigenvalue weighted by Crippen LogP contribution is 2.32. The van der Waals surface area contributed by atoms with Crippen molar-refractivity contribution in [2.24, 2.45) is 0 Å². The third-order valence-electron chi connectivity index (χ3n) is 3.31. The fourth-order valence-electron chi connectivity index (χ4n) is 2.28. The van der Waals surface area contributed by atoms with Gasteiger partial charge in [0.25, 0.3) is 0 Å². The number of thiophene rings is 1. The van der Waals surface area contributed by atoms with Crippen LogP contribution in [0.15, 0.2) is 47.8 Å². The van der Waals surface area contributed by atoms with E-state index < -0.39 is 11.9 Å². The van der Waals surface area contributed by atoms with E-state index in [9.17, 15) is 9.50 Å². The molecular formula is C16H12ClFOS. The molecule has 0 saturated heterocycles. The zero-order chi connectivity index (χ0) is 14.1. The molecule has 0 aliphatic heterocycles. The fraction of sp³-hybridized carbons (Fsp3) is 0.125. The topological polar surface area (TPSA) is 20.2 Å². The monoisotopic (exact) mass is 306 g/mol. The number of aliphatic hydroxyl groups is 1. The van der Waals surface area contributed by atoms with Crippen LogP contribution in [0.4, 0.5) is 4.39 Å². The van der Waals surface area contributed by atoms with E-state index in [1.54, 1.807) is 23.5 Å². The van der Waals surface area contributed by atoms with E-state index in [-0.39, 0.29) is 11.4 Å². The Kier molecular flexibility index (Phi) is 3.74. The standard InChI is InChI=1S/C16H12ClFOS/c17-13-6-3-4-10(16(13)18)8-14(19)12-9-20-15-7-2-1-5-11(12)15/h1-7,9,14,19H,8H2. The molecule has 1 N–H and O–H groups in total. The molecule has 1 atom stereocenters. The second kappa shape index (κ2) is 5.52. The number of rotatable bonds is 3. The SMILES string of the molecule is OC(Cc1cccc(Cl)c1F)c1csc2ccccc12. The van der Waals surface area contributed by atoms with Crippen LogP contribution in [0.3, 0.4) is 0 Å². The molecule has 4 heteroatoms. The van der Waals surface area contributed by atoms with Gasteiger partial charge in [0.2, 0.25) is 0 Å². The Morgan fingerprint density at radius 3 is 2.80 bits per heavy atom. The molecule has 102 valence electrons. The van der Waals surface area contributed by atoms with Crippen molar-refractivity contribution in [2.45, 2.75) is 12.5 Å². The lowest BCUT2D eigenvalue weighted by Gasteiger charge is -2.11. The van der Waals surface area contributed by atoms with E-state index >= 15 is 0 Å². The highest BCUT2D eigenvalue weighted by molar-refractivity contribution is 7.17. The van der Waals surface area contributed by atoms with Crippen molar-refractivity contribution in [3.63, 3.8) is 0 Å². The Bertz CT molecular complexity index is 753. The minimum atomic E-state index is -0.737. The van der Waals surface area contributed by atoms with Gasteiger partial charge in [0.1, 0.15) is 5.82 Å². The van der Waals surface area contributed by atoms with E-state index in [1.807, 2.05) is 29.6 Å². The van der Waals surface area contributed by atoms with Gasteiger partial charge in [0, 0.05) is 11.1 Å². The average molecular weight is 307 g/mol. The Hall–Kier alpha value is -1.42. The Labute approximate surface area is 125 Å². The van der Waals surface area contributed by atoms with Gasteiger partial charge < -0.3 is 5.11 Å². The summed E-state index contributed by atoms with van der Waals surface area (Å²) in [6, 6.07) is 12.7. The molecule has 0 bridgehead atoms. The molecule has 0 aliphatic rings. The van der Waals surface area contributed by atoms with Crippen molar-refractivity contribution in [3.8, 4) is 0 Å². The van der Waals surface area contributed by atoms with Crippen molar-refractivity contribution in [3.05, 3.63) is 69.8 Å². The molecule has 1 aromatic heterocycles. The van der Waals surface area contributed by atoms with Crippen LogP contribution in [0.2, 0.25) is 5.02 Å². The van der Waals surface area contributed by atoms with Gasteiger partial charge in [-0.3, -0.25) is 0 Å². The first-order valence-electron chi connectivity index (χ1n) is 6.24. The first-order valence-corrected chi connectivity index (χ1v) is 7.49. The molecule has 0 saturated carbocycles. The smallest absolute Gasteiger partial charge is 0.145 e. The Balaban J connectivity index is 1.93. The molecule has 3 rings (SSSR count). The summed E-state index contributed by atoms with van der Waals surface area (Å²) in [6.07, 6.45) is -0.522. The van der Waals surface area contributed by atoms with Gasteiger partial charge in [-0.2, -0.15) is 0 Å². The Morgan fingerprint density at radius 2 is 1.95 bits per heavy atom. The second-order valence-electron chi connectivity index (χ2n) is 4.62. The highest BCUT2D eigenvalue weighted by Gasteiger charge is 2.16. The highest BCUT2D eigenvalue weighted by atomic mass is 35.5. The molecule has 1 nitrogen and oxygen atoms in total. The number of aliphatic hydroxyl groups excluding tert-OH is 1. The molecule has 2 aromatic carbocycles. The summed E-state index contributed by atoms with van der Waals surface area (Å²) in [6.45, 7) is 0. The van der Waals surface area contributed by atoms with Crippen molar-refractivity contribution >= 4 is 33.0 Å². The summed E-state index contributed by atoms with van der Waals surface area (Å²) in [7, 11) is 0. The molecule has 1 unspecified atom stereocenters. The molecule has 0 fully saturated rings. The maximum absolute atomic E-state index is 13.9. The first kappa shape index (κ1) is 13.6. The lowest BCUT2D eigenvalue weighted by molar-refractivity contribution is 0.179. The predicted octanol–water partition coefficient (Wildman–Crippen LogP) is 4.97.